The smallest absolute Gasteiger partial charge is 0.263 e. The van der Waals surface area contributed by atoms with E-state index in [4.69, 9.17) is 4.42 Å². The fourth-order valence-corrected chi connectivity index (χ4v) is 5.27. The molecule has 1 aliphatic carbocycles. The Kier molecular flexibility index (Phi) is 4.97. The predicted octanol–water partition coefficient (Wildman–Crippen LogP) is 1.43. The molecule has 2 atom stereocenters. The molecule has 2 amide bonds. The van der Waals surface area contributed by atoms with E-state index in [9.17, 15) is 19.5 Å². The third-order valence-electron chi connectivity index (χ3n) is 6.96. The Morgan fingerprint density at radius 1 is 1.16 bits per heavy atom. The number of pyridine rings is 1. The van der Waals surface area contributed by atoms with E-state index in [0.29, 0.717) is 39.0 Å². The van der Waals surface area contributed by atoms with Crippen molar-refractivity contribution in [2.75, 3.05) is 20.1 Å². The summed E-state index contributed by atoms with van der Waals surface area (Å²) in [6, 6.07) is 5.30. The van der Waals surface area contributed by atoms with Crippen LogP contribution in [-0.4, -0.2) is 57.5 Å². The maximum absolute atomic E-state index is 13.2. The highest BCUT2D eigenvalue weighted by Gasteiger charge is 2.41. The number of rotatable bonds is 4. The number of likely N-dealkylation sites (tertiary alicyclic amines) is 1. The Balaban J connectivity index is 1.35. The maximum Gasteiger partial charge on any atom is 0.263 e. The first-order valence-corrected chi connectivity index (χ1v) is 10.9. The summed E-state index contributed by atoms with van der Waals surface area (Å²) in [5, 5.41) is 9.52. The zero-order chi connectivity index (χ0) is 21.7. The van der Waals surface area contributed by atoms with E-state index in [1.165, 1.54) is 4.90 Å². The number of aliphatic hydroxyl groups is 1. The van der Waals surface area contributed by atoms with Crippen molar-refractivity contribution in [3.05, 3.63) is 57.9 Å². The van der Waals surface area contributed by atoms with Gasteiger partial charge >= 0.3 is 0 Å². The van der Waals surface area contributed by atoms with Gasteiger partial charge in [-0.2, -0.15) is 0 Å². The second-order valence-electron chi connectivity index (χ2n) is 9.24. The minimum atomic E-state index is -0.347. The zero-order valence-electron chi connectivity index (χ0n) is 17.6. The van der Waals surface area contributed by atoms with E-state index >= 15 is 0 Å². The van der Waals surface area contributed by atoms with Gasteiger partial charge in [0.2, 0.25) is 5.91 Å². The summed E-state index contributed by atoms with van der Waals surface area (Å²) in [6.45, 7) is 2.12. The number of fused-ring (bicyclic) bond motifs is 4. The van der Waals surface area contributed by atoms with Crippen LogP contribution < -0.4 is 5.56 Å². The zero-order valence-corrected chi connectivity index (χ0v) is 17.6. The third-order valence-corrected chi connectivity index (χ3v) is 6.96. The van der Waals surface area contributed by atoms with Crippen molar-refractivity contribution in [3.63, 3.8) is 0 Å². The van der Waals surface area contributed by atoms with Gasteiger partial charge in [0.15, 0.2) is 0 Å². The molecule has 4 heterocycles. The van der Waals surface area contributed by atoms with Crippen LogP contribution in [0.5, 0.6) is 0 Å². The molecule has 2 bridgehead atoms. The number of carbonyl (C=O) groups is 2. The lowest BCUT2D eigenvalue weighted by Crippen LogP contribution is -2.53. The first-order valence-electron chi connectivity index (χ1n) is 10.9. The van der Waals surface area contributed by atoms with Crippen molar-refractivity contribution >= 4 is 11.8 Å². The molecule has 0 unspecified atom stereocenters. The van der Waals surface area contributed by atoms with E-state index in [0.717, 1.165) is 17.7 Å². The van der Waals surface area contributed by atoms with Crippen LogP contribution in [0.4, 0.5) is 0 Å². The van der Waals surface area contributed by atoms with Gasteiger partial charge in [0.25, 0.3) is 11.5 Å². The fraction of sp³-hybridized carbons (Fsp3) is 0.522. The van der Waals surface area contributed by atoms with E-state index in [-0.39, 0.29) is 46.8 Å². The Hall–Kier alpha value is -2.87. The summed E-state index contributed by atoms with van der Waals surface area (Å²) in [6.07, 6.45) is 4.85. The van der Waals surface area contributed by atoms with Crippen LogP contribution in [0.25, 0.3) is 0 Å². The van der Waals surface area contributed by atoms with Crippen molar-refractivity contribution < 1.29 is 19.1 Å². The number of hydrogen-bond acceptors (Lipinski definition) is 5. The molecule has 5 rings (SSSR count). The first kappa shape index (κ1) is 20.1. The van der Waals surface area contributed by atoms with Gasteiger partial charge in [-0.1, -0.05) is 0 Å². The average Bonchev–Trinajstić information content (AvgIpc) is 3.24. The highest BCUT2D eigenvalue weighted by molar-refractivity contribution is 5.93. The van der Waals surface area contributed by atoms with E-state index in [1.54, 1.807) is 36.3 Å². The number of amides is 2. The molecule has 2 fully saturated rings. The van der Waals surface area contributed by atoms with Crippen LogP contribution in [0, 0.1) is 11.8 Å². The van der Waals surface area contributed by atoms with E-state index in [1.807, 2.05) is 11.0 Å². The Labute approximate surface area is 180 Å². The lowest BCUT2D eigenvalue weighted by molar-refractivity contribution is -0.145. The molecule has 0 spiro atoms. The third kappa shape index (κ3) is 3.59. The number of piperidine rings is 1. The van der Waals surface area contributed by atoms with E-state index in [2.05, 4.69) is 0 Å². The molecule has 8 nitrogen and oxygen atoms in total. The van der Waals surface area contributed by atoms with Gasteiger partial charge in [-0.15, -0.1) is 0 Å². The summed E-state index contributed by atoms with van der Waals surface area (Å²) < 4.78 is 6.80. The minimum Gasteiger partial charge on any atom is -0.472 e. The molecular weight excluding hydrogens is 398 g/mol. The number of nitrogens with zero attached hydrogens (tertiary/aromatic N) is 3. The number of aliphatic hydroxyl groups excluding tert-OH is 1. The molecule has 0 radical (unpaired) electrons. The summed E-state index contributed by atoms with van der Waals surface area (Å²) in [7, 11) is 1.68. The minimum absolute atomic E-state index is 0.0678. The first-order chi connectivity index (χ1) is 14.9. The monoisotopic (exact) mass is 425 g/mol. The normalized spacial score (nSPS) is 26.7. The highest BCUT2D eigenvalue weighted by Crippen LogP contribution is 2.37. The van der Waals surface area contributed by atoms with Gasteiger partial charge < -0.3 is 23.9 Å². The van der Waals surface area contributed by atoms with Crippen molar-refractivity contribution in [1.29, 1.82) is 0 Å². The Morgan fingerprint density at radius 3 is 2.68 bits per heavy atom. The maximum atomic E-state index is 13.2. The second kappa shape index (κ2) is 7.67. The number of aromatic nitrogens is 1. The summed E-state index contributed by atoms with van der Waals surface area (Å²) in [5.74, 6) is 0.0525. The Morgan fingerprint density at radius 2 is 1.97 bits per heavy atom. The van der Waals surface area contributed by atoms with Crippen molar-refractivity contribution in [3.8, 4) is 0 Å². The summed E-state index contributed by atoms with van der Waals surface area (Å²) >= 11 is 0. The number of hydrogen-bond donors (Lipinski definition) is 1. The largest absolute Gasteiger partial charge is 0.472 e. The van der Waals surface area contributed by atoms with E-state index < -0.39 is 0 Å². The topological polar surface area (TPSA) is 96.0 Å². The molecule has 1 N–H and O–H groups in total. The quantitative estimate of drug-likeness (QED) is 0.800. The number of carbonyl (C=O) groups excluding carboxylic acids is 2. The van der Waals surface area contributed by atoms with Crippen LogP contribution in [0.1, 0.15) is 46.8 Å². The van der Waals surface area contributed by atoms with Crippen LogP contribution in [0.15, 0.2) is 39.9 Å². The summed E-state index contributed by atoms with van der Waals surface area (Å²) in [5.41, 5.74) is 1.69. The van der Waals surface area contributed by atoms with Gasteiger partial charge in [0.1, 0.15) is 5.56 Å². The molecule has 164 valence electrons. The van der Waals surface area contributed by atoms with Crippen LogP contribution in [0.2, 0.25) is 0 Å². The SMILES string of the molecule is CN(Cc1ccoc1)C(=O)c1ccc2n(c1=O)C[C@H]1C[C@@H]2CN(C(=O)C2CC(O)C2)C1. The van der Waals surface area contributed by atoms with Crippen molar-refractivity contribution in [2.45, 2.75) is 44.4 Å². The van der Waals surface area contributed by atoms with Gasteiger partial charge in [0, 0.05) is 56.3 Å². The van der Waals surface area contributed by atoms with Crippen molar-refractivity contribution in [1.82, 2.24) is 14.4 Å². The molecule has 3 aliphatic rings. The standard InChI is InChI=1S/C23H27N3O5/c1-24(9-14-4-5-31-13-14)22(29)19-2-3-20-17-6-15(11-26(20)23(19)30)10-25(12-17)21(28)16-7-18(27)8-16/h2-5,13,15-18,27H,6-12H2,1H3/t15-,16?,17+,18?/m0/s1. The molecule has 2 aromatic rings. The Bertz CT molecular complexity index is 1050. The van der Waals surface area contributed by atoms with Gasteiger partial charge in [-0.25, -0.2) is 0 Å². The van der Waals surface area contributed by atoms with Gasteiger partial charge in [-0.05, 0) is 43.4 Å². The summed E-state index contributed by atoms with van der Waals surface area (Å²) in [4.78, 5) is 42.3. The molecule has 2 aliphatic heterocycles. The van der Waals surface area contributed by atoms with Crippen LogP contribution in [-0.2, 0) is 17.9 Å². The van der Waals surface area contributed by atoms with Crippen molar-refractivity contribution in [2.24, 2.45) is 11.8 Å². The molecule has 1 saturated carbocycles. The lowest BCUT2D eigenvalue weighted by atomic mass is 9.78. The molecule has 8 heteroatoms. The van der Waals surface area contributed by atoms with Gasteiger partial charge in [-0.3, -0.25) is 14.4 Å². The van der Waals surface area contributed by atoms with Gasteiger partial charge in [0.05, 0.1) is 18.6 Å². The molecule has 1 saturated heterocycles. The molecule has 2 aromatic heterocycles. The lowest BCUT2D eigenvalue weighted by Gasteiger charge is -2.45. The highest BCUT2D eigenvalue weighted by atomic mass is 16.3. The number of furan rings is 1. The molecule has 0 aromatic carbocycles. The fourth-order valence-electron chi connectivity index (χ4n) is 5.27. The van der Waals surface area contributed by atoms with Crippen LogP contribution >= 0.6 is 0 Å². The predicted molar refractivity (Wildman–Crippen MR) is 111 cm³/mol. The van der Waals surface area contributed by atoms with Crippen LogP contribution in [0.3, 0.4) is 0 Å². The molecular formula is C23H27N3O5. The molecule has 31 heavy (non-hydrogen) atoms. The second-order valence-corrected chi connectivity index (χ2v) is 9.24. The average molecular weight is 425 g/mol.